The smallest absolute Gasteiger partial charge is 0.281 e. The summed E-state index contributed by atoms with van der Waals surface area (Å²) in [6.45, 7) is 2.21. The number of rotatable bonds is 3. The molecule has 0 spiro atoms. The maximum absolute atomic E-state index is 13.3. The number of halogens is 1. The van der Waals surface area contributed by atoms with Crippen LogP contribution >= 0.6 is 0 Å². The SMILES string of the molecule is CCc1ncc(S(=O)(=O)N2CCc3ccc(F)cc32)[nH]1. The third-order valence-electron chi connectivity index (χ3n) is 3.41. The highest BCUT2D eigenvalue weighted by Crippen LogP contribution is 2.32. The van der Waals surface area contributed by atoms with Crippen LogP contribution in [0, 0.1) is 5.82 Å². The Bertz CT molecular complexity index is 755. The van der Waals surface area contributed by atoms with Crippen molar-refractivity contribution in [2.75, 3.05) is 10.8 Å². The van der Waals surface area contributed by atoms with E-state index in [0.29, 0.717) is 30.9 Å². The number of H-pyrrole nitrogens is 1. The summed E-state index contributed by atoms with van der Waals surface area (Å²) in [6, 6.07) is 4.24. The minimum absolute atomic E-state index is 0.0476. The summed E-state index contributed by atoms with van der Waals surface area (Å²) in [6.07, 6.45) is 2.52. The molecule has 1 N–H and O–H groups in total. The molecule has 0 amide bonds. The van der Waals surface area contributed by atoms with Crippen LogP contribution < -0.4 is 4.31 Å². The summed E-state index contributed by atoms with van der Waals surface area (Å²) in [4.78, 5) is 6.80. The summed E-state index contributed by atoms with van der Waals surface area (Å²) >= 11 is 0. The number of sulfonamides is 1. The van der Waals surface area contributed by atoms with Gasteiger partial charge in [0.05, 0.1) is 11.9 Å². The quantitative estimate of drug-likeness (QED) is 0.940. The largest absolute Gasteiger partial charge is 0.332 e. The van der Waals surface area contributed by atoms with Crippen molar-refractivity contribution in [3.63, 3.8) is 0 Å². The van der Waals surface area contributed by atoms with E-state index >= 15 is 0 Å². The van der Waals surface area contributed by atoms with Gasteiger partial charge in [-0.1, -0.05) is 13.0 Å². The molecule has 0 radical (unpaired) electrons. The van der Waals surface area contributed by atoms with Crippen molar-refractivity contribution in [2.24, 2.45) is 0 Å². The number of hydrogen-bond acceptors (Lipinski definition) is 3. The molecule has 0 aliphatic carbocycles. The van der Waals surface area contributed by atoms with E-state index in [1.165, 1.54) is 22.6 Å². The van der Waals surface area contributed by atoms with Crippen LogP contribution in [-0.4, -0.2) is 24.9 Å². The Kier molecular flexibility index (Phi) is 3.01. The first-order valence-electron chi connectivity index (χ1n) is 6.37. The molecule has 3 rings (SSSR count). The molecule has 106 valence electrons. The van der Waals surface area contributed by atoms with E-state index < -0.39 is 15.8 Å². The van der Waals surface area contributed by atoms with Crippen molar-refractivity contribution in [2.45, 2.75) is 24.8 Å². The van der Waals surface area contributed by atoms with Gasteiger partial charge in [-0.25, -0.2) is 9.37 Å². The summed E-state index contributed by atoms with van der Waals surface area (Å²) in [5.74, 6) is 0.173. The summed E-state index contributed by atoms with van der Waals surface area (Å²) in [5.41, 5.74) is 1.25. The van der Waals surface area contributed by atoms with Crippen LogP contribution in [0.3, 0.4) is 0 Å². The van der Waals surface area contributed by atoms with Crippen LogP contribution in [0.1, 0.15) is 18.3 Å². The number of imidazole rings is 1. The zero-order valence-corrected chi connectivity index (χ0v) is 11.7. The van der Waals surface area contributed by atoms with Crippen molar-refractivity contribution in [1.82, 2.24) is 9.97 Å². The molecule has 0 bridgehead atoms. The van der Waals surface area contributed by atoms with Crippen molar-refractivity contribution in [3.05, 3.63) is 41.6 Å². The van der Waals surface area contributed by atoms with Gasteiger partial charge in [-0.2, -0.15) is 8.42 Å². The molecule has 0 saturated heterocycles. The Morgan fingerprint density at radius 1 is 1.45 bits per heavy atom. The second-order valence-electron chi connectivity index (χ2n) is 4.65. The molecule has 0 unspecified atom stereocenters. The van der Waals surface area contributed by atoms with Gasteiger partial charge >= 0.3 is 0 Å². The molecule has 2 heterocycles. The zero-order valence-electron chi connectivity index (χ0n) is 10.9. The lowest BCUT2D eigenvalue weighted by Gasteiger charge is -2.18. The molecule has 1 aliphatic rings. The first-order valence-corrected chi connectivity index (χ1v) is 7.81. The predicted molar refractivity (Wildman–Crippen MR) is 72.6 cm³/mol. The Balaban J connectivity index is 2.04. The Morgan fingerprint density at radius 2 is 2.25 bits per heavy atom. The van der Waals surface area contributed by atoms with E-state index in [-0.39, 0.29) is 5.03 Å². The number of aryl methyl sites for hydroxylation is 1. The minimum Gasteiger partial charge on any atom is -0.332 e. The number of aromatic nitrogens is 2. The van der Waals surface area contributed by atoms with Crippen LogP contribution in [0.4, 0.5) is 10.1 Å². The van der Waals surface area contributed by atoms with Crippen LogP contribution in [0.5, 0.6) is 0 Å². The molecule has 20 heavy (non-hydrogen) atoms. The van der Waals surface area contributed by atoms with Gasteiger partial charge in [0.1, 0.15) is 11.6 Å². The number of anilines is 1. The molecule has 5 nitrogen and oxygen atoms in total. The molecule has 1 aromatic carbocycles. The molecule has 0 saturated carbocycles. The number of hydrogen-bond donors (Lipinski definition) is 1. The normalized spacial score (nSPS) is 14.6. The third-order valence-corrected chi connectivity index (χ3v) is 5.13. The second-order valence-corrected chi connectivity index (χ2v) is 6.48. The zero-order chi connectivity index (χ0) is 14.3. The molecule has 1 aliphatic heterocycles. The summed E-state index contributed by atoms with van der Waals surface area (Å²) in [7, 11) is -3.71. The molecular formula is C13H14FN3O2S. The van der Waals surface area contributed by atoms with Crippen LogP contribution in [0.25, 0.3) is 0 Å². The molecule has 0 atom stereocenters. The second kappa shape index (κ2) is 4.59. The average molecular weight is 295 g/mol. The minimum atomic E-state index is -3.71. The van der Waals surface area contributed by atoms with E-state index in [0.717, 1.165) is 5.56 Å². The molecule has 7 heteroatoms. The Hall–Kier alpha value is -1.89. The van der Waals surface area contributed by atoms with Gasteiger partial charge in [0.15, 0.2) is 5.03 Å². The van der Waals surface area contributed by atoms with Gasteiger partial charge in [-0.05, 0) is 24.1 Å². The highest BCUT2D eigenvalue weighted by molar-refractivity contribution is 7.92. The summed E-state index contributed by atoms with van der Waals surface area (Å²) < 4.78 is 39.7. The van der Waals surface area contributed by atoms with Crippen molar-refractivity contribution >= 4 is 15.7 Å². The molecular weight excluding hydrogens is 281 g/mol. The molecule has 2 aromatic rings. The number of aromatic amines is 1. The lowest BCUT2D eigenvalue weighted by atomic mass is 10.2. The van der Waals surface area contributed by atoms with Crippen molar-refractivity contribution < 1.29 is 12.8 Å². The monoisotopic (exact) mass is 295 g/mol. The van der Waals surface area contributed by atoms with Gasteiger partial charge in [-0.15, -0.1) is 0 Å². The average Bonchev–Trinajstić information content (AvgIpc) is 3.05. The topological polar surface area (TPSA) is 66.1 Å². The first kappa shape index (κ1) is 13.1. The predicted octanol–water partition coefficient (Wildman–Crippen LogP) is 1.86. The fraction of sp³-hybridized carbons (Fsp3) is 0.308. The number of benzene rings is 1. The lowest BCUT2D eigenvalue weighted by molar-refractivity contribution is 0.588. The number of nitrogens with one attached hydrogen (secondary N) is 1. The van der Waals surface area contributed by atoms with E-state index in [9.17, 15) is 12.8 Å². The van der Waals surface area contributed by atoms with E-state index in [1.54, 1.807) is 6.07 Å². The molecule has 1 aromatic heterocycles. The van der Waals surface area contributed by atoms with Crippen molar-refractivity contribution in [3.8, 4) is 0 Å². The van der Waals surface area contributed by atoms with Gasteiger partial charge in [0.2, 0.25) is 0 Å². The van der Waals surface area contributed by atoms with Crippen LogP contribution in [0.15, 0.2) is 29.4 Å². The maximum Gasteiger partial charge on any atom is 0.281 e. The highest BCUT2D eigenvalue weighted by Gasteiger charge is 2.32. The Labute approximate surface area is 116 Å². The Morgan fingerprint density at radius 3 is 2.95 bits per heavy atom. The van der Waals surface area contributed by atoms with Gasteiger partial charge in [0, 0.05) is 13.0 Å². The number of fused-ring (bicyclic) bond motifs is 1. The van der Waals surface area contributed by atoms with E-state index in [2.05, 4.69) is 9.97 Å². The third kappa shape index (κ3) is 1.98. The van der Waals surface area contributed by atoms with E-state index in [1.807, 2.05) is 6.92 Å². The first-order chi connectivity index (χ1) is 9.52. The van der Waals surface area contributed by atoms with Crippen LogP contribution in [-0.2, 0) is 22.9 Å². The maximum atomic E-state index is 13.3. The number of nitrogens with zero attached hydrogens (tertiary/aromatic N) is 2. The van der Waals surface area contributed by atoms with Crippen LogP contribution in [0.2, 0.25) is 0 Å². The lowest BCUT2D eigenvalue weighted by Crippen LogP contribution is -2.29. The fourth-order valence-corrected chi connectivity index (χ4v) is 3.78. The van der Waals surface area contributed by atoms with Gasteiger partial charge in [0.25, 0.3) is 10.0 Å². The highest BCUT2D eigenvalue weighted by atomic mass is 32.2. The van der Waals surface area contributed by atoms with Gasteiger partial charge in [-0.3, -0.25) is 4.31 Å². The molecule has 0 fully saturated rings. The van der Waals surface area contributed by atoms with Crippen molar-refractivity contribution in [1.29, 1.82) is 0 Å². The summed E-state index contributed by atoms with van der Waals surface area (Å²) in [5, 5.41) is 0.0476. The fourth-order valence-electron chi connectivity index (χ4n) is 2.35. The van der Waals surface area contributed by atoms with Gasteiger partial charge < -0.3 is 4.98 Å². The standard InChI is InChI=1S/C13H14FN3O2S/c1-2-12-15-8-13(16-12)20(18,19)17-6-5-9-3-4-10(14)7-11(9)17/h3-4,7-8H,2,5-6H2,1H3,(H,15,16). The van der Waals surface area contributed by atoms with E-state index in [4.69, 9.17) is 0 Å².